The molecule has 0 spiro atoms. The summed E-state index contributed by atoms with van der Waals surface area (Å²) in [4.78, 5) is 14.6. The Kier molecular flexibility index (Phi) is 7.28. The first kappa shape index (κ1) is 23.5. The molecule has 34 heavy (non-hydrogen) atoms. The fourth-order valence-electron chi connectivity index (χ4n) is 4.04. The average Bonchev–Trinajstić information content (AvgIpc) is 3.25. The maximum absolute atomic E-state index is 12.3. The van der Waals surface area contributed by atoms with Crippen molar-refractivity contribution in [1.29, 1.82) is 5.26 Å². The van der Waals surface area contributed by atoms with Gasteiger partial charge in [-0.25, -0.2) is 0 Å². The number of carbonyl (C=O) groups excluding carboxylic acids is 1. The van der Waals surface area contributed by atoms with E-state index in [9.17, 15) is 15.2 Å². The monoisotopic (exact) mass is 460 g/mol. The zero-order valence-corrected chi connectivity index (χ0v) is 19.1. The minimum atomic E-state index is -1.07. The Morgan fingerprint density at radius 3 is 2.65 bits per heavy atom. The Morgan fingerprint density at radius 2 is 1.91 bits per heavy atom. The topological polar surface area (TPSA) is 111 Å². The van der Waals surface area contributed by atoms with Crippen LogP contribution in [0.4, 0.5) is 5.69 Å². The number of aliphatic hydroxyl groups is 2. The quantitative estimate of drug-likeness (QED) is 0.368. The zero-order chi connectivity index (χ0) is 24.1. The molecule has 0 radical (unpaired) electrons. The van der Waals surface area contributed by atoms with Crippen LogP contribution in [0.15, 0.2) is 54.1 Å². The molecule has 3 N–H and O–H groups in total. The van der Waals surface area contributed by atoms with Crippen molar-refractivity contribution in [3.05, 3.63) is 59.8 Å². The normalized spacial score (nSPS) is 15.2. The van der Waals surface area contributed by atoms with E-state index in [4.69, 9.17) is 9.84 Å². The maximum Gasteiger partial charge on any atom is 0.262 e. The van der Waals surface area contributed by atoms with E-state index in [1.807, 2.05) is 29.8 Å². The molecule has 176 valence electrons. The SMILES string of the molecule is Cn1c(C=C(C#N)C(=O)NCC(O)CO)ccc1-c1ccc2cc(N3CCOCC3)ccc2c1. The van der Waals surface area contributed by atoms with E-state index in [1.54, 1.807) is 0 Å². The van der Waals surface area contributed by atoms with Gasteiger partial charge in [-0.1, -0.05) is 18.2 Å². The second kappa shape index (κ2) is 10.5. The number of benzene rings is 2. The van der Waals surface area contributed by atoms with E-state index >= 15 is 0 Å². The summed E-state index contributed by atoms with van der Waals surface area (Å²) in [5.74, 6) is -0.598. The van der Waals surface area contributed by atoms with Gasteiger partial charge in [0.05, 0.1) is 25.9 Å². The molecule has 1 saturated heterocycles. The van der Waals surface area contributed by atoms with Gasteiger partial charge in [-0.15, -0.1) is 0 Å². The van der Waals surface area contributed by atoms with Crippen LogP contribution in [0.1, 0.15) is 5.69 Å². The van der Waals surface area contributed by atoms with Crippen molar-refractivity contribution in [1.82, 2.24) is 9.88 Å². The van der Waals surface area contributed by atoms with Crippen molar-refractivity contribution in [2.45, 2.75) is 6.10 Å². The molecule has 8 nitrogen and oxygen atoms in total. The molecule has 2 heterocycles. The summed E-state index contributed by atoms with van der Waals surface area (Å²) >= 11 is 0. The highest BCUT2D eigenvalue weighted by Gasteiger charge is 2.14. The number of morpholine rings is 1. The molecule has 1 aliphatic rings. The van der Waals surface area contributed by atoms with Crippen LogP contribution < -0.4 is 10.2 Å². The molecule has 1 amide bonds. The number of hydrogen-bond donors (Lipinski definition) is 3. The summed E-state index contributed by atoms with van der Waals surface area (Å²) in [5, 5.41) is 32.4. The lowest BCUT2D eigenvalue weighted by molar-refractivity contribution is -0.117. The number of nitriles is 1. The zero-order valence-electron chi connectivity index (χ0n) is 19.1. The smallest absolute Gasteiger partial charge is 0.262 e. The summed E-state index contributed by atoms with van der Waals surface area (Å²) in [7, 11) is 1.88. The summed E-state index contributed by atoms with van der Waals surface area (Å²) in [6.07, 6.45) is 0.447. The third-order valence-corrected chi connectivity index (χ3v) is 6.02. The van der Waals surface area contributed by atoms with E-state index in [0.29, 0.717) is 5.69 Å². The summed E-state index contributed by atoms with van der Waals surface area (Å²) in [6, 6.07) is 18.5. The van der Waals surface area contributed by atoms with E-state index in [2.05, 4.69) is 46.6 Å². The number of anilines is 1. The van der Waals surface area contributed by atoms with E-state index in [1.165, 1.54) is 11.8 Å². The van der Waals surface area contributed by atoms with Gasteiger partial charge in [0.25, 0.3) is 5.91 Å². The first-order valence-corrected chi connectivity index (χ1v) is 11.2. The molecule has 8 heteroatoms. The van der Waals surface area contributed by atoms with Crippen LogP contribution >= 0.6 is 0 Å². The Labute approximate surface area is 198 Å². The number of amides is 1. The fourth-order valence-corrected chi connectivity index (χ4v) is 4.04. The van der Waals surface area contributed by atoms with Crippen molar-refractivity contribution in [2.75, 3.05) is 44.4 Å². The van der Waals surface area contributed by atoms with Crippen LogP contribution in [0, 0.1) is 11.3 Å². The molecular weight excluding hydrogens is 432 g/mol. The van der Waals surface area contributed by atoms with Gasteiger partial charge in [0.2, 0.25) is 0 Å². The number of nitrogens with one attached hydrogen (secondary N) is 1. The first-order valence-electron chi connectivity index (χ1n) is 11.2. The Morgan fingerprint density at radius 1 is 1.18 bits per heavy atom. The van der Waals surface area contributed by atoms with Crippen molar-refractivity contribution in [3.63, 3.8) is 0 Å². The van der Waals surface area contributed by atoms with E-state index in [-0.39, 0.29) is 12.1 Å². The third kappa shape index (κ3) is 5.13. The van der Waals surface area contributed by atoms with Crippen LogP contribution in [0.5, 0.6) is 0 Å². The number of fused-ring (bicyclic) bond motifs is 1. The number of rotatable bonds is 7. The van der Waals surface area contributed by atoms with Gasteiger partial charge in [-0.2, -0.15) is 5.26 Å². The molecule has 1 unspecified atom stereocenters. The molecule has 1 atom stereocenters. The third-order valence-electron chi connectivity index (χ3n) is 6.02. The highest BCUT2D eigenvalue weighted by molar-refractivity contribution is 6.01. The molecule has 1 fully saturated rings. The number of nitrogens with zero attached hydrogens (tertiary/aromatic N) is 3. The van der Waals surface area contributed by atoms with Gasteiger partial charge >= 0.3 is 0 Å². The van der Waals surface area contributed by atoms with E-state index in [0.717, 1.165) is 48.3 Å². The van der Waals surface area contributed by atoms with Crippen LogP contribution in [0.2, 0.25) is 0 Å². The standard InChI is InChI=1S/C26H28N4O4/c1-29-22(14-21(15-27)26(33)28-16-24(32)17-31)6-7-25(29)20-3-2-19-13-23(5-4-18(19)12-20)30-8-10-34-11-9-30/h2-7,12-14,24,31-32H,8-11,16-17H2,1H3,(H,28,33). The predicted molar refractivity (Wildman–Crippen MR) is 131 cm³/mol. The summed E-state index contributed by atoms with van der Waals surface area (Å²) in [6.45, 7) is 2.70. The van der Waals surface area contributed by atoms with Crippen LogP contribution in [-0.4, -0.2) is 66.2 Å². The first-order chi connectivity index (χ1) is 16.5. The molecule has 0 aliphatic carbocycles. The second-order valence-electron chi connectivity index (χ2n) is 8.26. The van der Waals surface area contributed by atoms with Crippen LogP contribution in [0.25, 0.3) is 28.1 Å². The fraction of sp³-hybridized carbons (Fsp3) is 0.308. The van der Waals surface area contributed by atoms with Gasteiger partial charge in [0, 0.05) is 43.8 Å². The van der Waals surface area contributed by atoms with Gasteiger partial charge in [0.1, 0.15) is 11.6 Å². The lowest BCUT2D eigenvalue weighted by Crippen LogP contribution is -2.36. The van der Waals surface area contributed by atoms with Crippen molar-refractivity contribution < 1.29 is 19.7 Å². The number of aliphatic hydroxyl groups excluding tert-OH is 2. The highest BCUT2D eigenvalue weighted by atomic mass is 16.5. The Hall–Kier alpha value is -3.64. The van der Waals surface area contributed by atoms with Gasteiger partial charge in [0.15, 0.2) is 0 Å². The molecule has 1 aliphatic heterocycles. The molecule has 0 saturated carbocycles. The van der Waals surface area contributed by atoms with Gasteiger partial charge in [-0.05, 0) is 52.7 Å². The van der Waals surface area contributed by atoms with E-state index < -0.39 is 18.6 Å². The minimum Gasteiger partial charge on any atom is -0.394 e. The number of ether oxygens (including phenoxy) is 1. The molecular formula is C26H28N4O4. The number of hydrogen-bond acceptors (Lipinski definition) is 6. The van der Waals surface area contributed by atoms with Crippen molar-refractivity contribution in [3.8, 4) is 17.3 Å². The van der Waals surface area contributed by atoms with Gasteiger partial charge < -0.3 is 29.7 Å². The van der Waals surface area contributed by atoms with Gasteiger partial charge in [-0.3, -0.25) is 4.79 Å². The lowest BCUT2D eigenvalue weighted by Gasteiger charge is -2.29. The minimum absolute atomic E-state index is 0.0768. The van der Waals surface area contributed by atoms with Crippen molar-refractivity contribution >= 4 is 28.4 Å². The summed E-state index contributed by atoms with van der Waals surface area (Å²) in [5.41, 5.74) is 3.81. The van der Waals surface area contributed by atoms with Crippen LogP contribution in [0.3, 0.4) is 0 Å². The number of carbonyl (C=O) groups is 1. The predicted octanol–water partition coefficient (Wildman–Crippen LogP) is 2.06. The Balaban J connectivity index is 1.56. The molecule has 4 rings (SSSR count). The van der Waals surface area contributed by atoms with Crippen LogP contribution in [-0.2, 0) is 16.6 Å². The largest absolute Gasteiger partial charge is 0.394 e. The molecule has 2 aromatic carbocycles. The average molecular weight is 461 g/mol. The molecule has 0 bridgehead atoms. The second-order valence-corrected chi connectivity index (χ2v) is 8.26. The Bertz CT molecular complexity index is 1250. The molecule has 1 aromatic heterocycles. The van der Waals surface area contributed by atoms with Crippen molar-refractivity contribution in [2.24, 2.45) is 7.05 Å². The number of aromatic nitrogens is 1. The lowest BCUT2D eigenvalue weighted by atomic mass is 10.0. The summed E-state index contributed by atoms with van der Waals surface area (Å²) < 4.78 is 7.38. The molecule has 3 aromatic rings. The maximum atomic E-state index is 12.3. The highest BCUT2D eigenvalue weighted by Crippen LogP contribution is 2.29.